The monoisotopic (exact) mass is 561 g/mol. The summed E-state index contributed by atoms with van der Waals surface area (Å²) in [6.07, 6.45) is -11.6. The number of alkyl halides is 6. The van der Waals surface area contributed by atoms with Gasteiger partial charge >= 0.3 is 18.4 Å². The Bertz CT molecular complexity index is 1460. The van der Waals surface area contributed by atoms with Crippen LogP contribution in [0, 0.1) is 0 Å². The fourth-order valence-electron chi connectivity index (χ4n) is 4.41. The molecule has 0 radical (unpaired) electrons. The van der Waals surface area contributed by atoms with Gasteiger partial charge in [-0.3, -0.25) is 4.90 Å². The van der Waals surface area contributed by atoms with Crippen molar-refractivity contribution in [3.05, 3.63) is 107 Å². The number of hydrogen-bond donors (Lipinski definition) is 1. The van der Waals surface area contributed by atoms with Crippen LogP contribution in [0.1, 0.15) is 34.7 Å². The molecule has 0 aliphatic carbocycles. The lowest BCUT2D eigenvalue weighted by Crippen LogP contribution is -2.31. The second kappa shape index (κ2) is 11.4. The van der Waals surface area contributed by atoms with Gasteiger partial charge in [-0.1, -0.05) is 48.5 Å². The van der Waals surface area contributed by atoms with Crippen molar-refractivity contribution in [2.45, 2.75) is 38.9 Å². The number of hydrogen-bond acceptors (Lipinski definition) is 3. The minimum absolute atomic E-state index is 0.0165. The lowest BCUT2D eigenvalue weighted by Gasteiger charge is -2.28. The summed E-state index contributed by atoms with van der Waals surface area (Å²) in [5, 5.41) is 10.6. The van der Waals surface area contributed by atoms with E-state index in [9.17, 15) is 36.2 Å². The number of nitrogens with zero attached hydrogens (tertiary/aromatic N) is 3. The molecule has 0 aliphatic rings. The van der Waals surface area contributed by atoms with Crippen molar-refractivity contribution in [2.24, 2.45) is 0 Å². The van der Waals surface area contributed by atoms with Gasteiger partial charge in [0.1, 0.15) is 5.82 Å². The summed E-state index contributed by atoms with van der Waals surface area (Å²) in [4.78, 5) is 19.7. The minimum atomic E-state index is -5.04. The number of benzene rings is 3. The maximum absolute atomic E-state index is 13.4. The maximum Gasteiger partial charge on any atom is 0.416 e. The first kappa shape index (κ1) is 28.7. The third-order valence-corrected chi connectivity index (χ3v) is 6.33. The summed E-state index contributed by atoms with van der Waals surface area (Å²) < 4.78 is 80.3. The summed E-state index contributed by atoms with van der Waals surface area (Å²) >= 11 is 0. The molecule has 1 N–H and O–H groups in total. The van der Waals surface area contributed by atoms with Gasteiger partial charge in [-0.05, 0) is 48.4 Å². The highest BCUT2D eigenvalue weighted by Crippen LogP contribution is 2.37. The Morgan fingerprint density at radius 1 is 0.775 bits per heavy atom. The van der Waals surface area contributed by atoms with E-state index in [0.717, 1.165) is 10.5 Å². The molecule has 0 atom stereocenters. The lowest BCUT2D eigenvalue weighted by molar-refractivity contribution is -0.143. The Kier molecular flexibility index (Phi) is 8.22. The predicted molar refractivity (Wildman–Crippen MR) is 139 cm³/mol. The predicted octanol–water partition coefficient (Wildman–Crippen LogP) is 7.98. The normalized spacial score (nSPS) is 12.0. The molecule has 210 valence electrons. The summed E-state index contributed by atoms with van der Waals surface area (Å²) in [6.45, 7) is 1.85. The van der Waals surface area contributed by atoms with Crippen LogP contribution in [0.25, 0.3) is 10.9 Å². The smallest absolute Gasteiger partial charge is 0.416 e. The zero-order valence-electron chi connectivity index (χ0n) is 21.3. The van der Waals surface area contributed by atoms with Crippen molar-refractivity contribution >= 4 is 22.8 Å². The molecule has 3 aromatic carbocycles. The van der Waals surface area contributed by atoms with E-state index in [-0.39, 0.29) is 12.6 Å². The zero-order valence-corrected chi connectivity index (χ0v) is 21.3. The van der Waals surface area contributed by atoms with Crippen molar-refractivity contribution in [1.82, 2.24) is 9.88 Å². The van der Waals surface area contributed by atoms with E-state index in [0.29, 0.717) is 47.5 Å². The van der Waals surface area contributed by atoms with Gasteiger partial charge < -0.3 is 10.0 Å². The van der Waals surface area contributed by atoms with Crippen LogP contribution in [0.3, 0.4) is 0 Å². The first-order valence-electron chi connectivity index (χ1n) is 12.3. The molecule has 4 rings (SSSR count). The first-order valence-corrected chi connectivity index (χ1v) is 12.3. The van der Waals surface area contributed by atoms with Crippen LogP contribution in [0.5, 0.6) is 0 Å². The van der Waals surface area contributed by atoms with E-state index in [1.54, 1.807) is 24.3 Å². The van der Waals surface area contributed by atoms with Gasteiger partial charge in [-0.15, -0.1) is 0 Å². The summed E-state index contributed by atoms with van der Waals surface area (Å²) in [5.41, 5.74) is -1.35. The van der Waals surface area contributed by atoms with Crippen LogP contribution in [-0.4, -0.2) is 27.6 Å². The molecule has 0 fully saturated rings. The van der Waals surface area contributed by atoms with Crippen molar-refractivity contribution in [3.8, 4) is 0 Å². The number of carbonyl (C=O) groups is 1. The van der Waals surface area contributed by atoms with Gasteiger partial charge in [0, 0.05) is 30.6 Å². The Balaban J connectivity index is 1.75. The van der Waals surface area contributed by atoms with Crippen molar-refractivity contribution < 1.29 is 36.2 Å². The van der Waals surface area contributed by atoms with Crippen LogP contribution in [0.15, 0.2) is 78.9 Å². The molecular weight excluding hydrogens is 536 g/mol. The summed E-state index contributed by atoms with van der Waals surface area (Å²) in [5.74, 6) is 0.469. The Hall–Kier alpha value is -4.28. The van der Waals surface area contributed by atoms with E-state index < -0.39 is 41.7 Å². The Morgan fingerprint density at radius 3 is 1.95 bits per heavy atom. The summed E-state index contributed by atoms with van der Waals surface area (Å²) in [6, 6.07) is 19.5. The molecule has 0 spiro atoms. The van der Waals surface area contributed by atoms with Gasteiger partial charge in [-0.2, -0.15) is 26.3 Å². The molecule has 4 aromatic rings. The van der Waals surface area contributed by atoms with E-state index in [4.69, 9.17) is 4.98 Å². The lowest BCUT2D eigenvalue weighted by atomic mass is 10.0. The fraction of sp³-hybridized carbons (Fsp3) is 0.241. The van der Waals surface area contributed by atoms with Crippen molar-refractivity contribution in [3.63, 3.8) is 0 Å². The number of halogens is 6. The van der Waals surface area contributed by atoms with E-state index in [1.807, 2.05) is 48.2 Å². The van der Waals surface area contributed by atoms with Crippen LogP contribution in [-0.2, 0) is 32.0 Å². The third-order valence-electron chi connectivity index (χ3n) is 6.33. The molecule has 1 heterocycles. The molecule has 0 bridgehead atoms. The van der Waals surface area contributed by atoms with E-state index in [2.05, 4.69) is 0 Å². The molecule has 40 heavy (non-hydrogen) atoms. The highest BCUT2D eigenvalue weighted by atomic mass is 19.4. The topological polar surface area (TPSA) is 56.7 Å². The van der Waals surface area contributed by atoms with Crippen molar-refractivity contribution in [2.75, 3.05) is 11.4 Å². The van der Waals surface area contributed by atoms with E-state index in [1.165, 1.54) is 0 Å². The summed E-state index contributed by atoms with van der Waals surface area (Å²) in [7, 11) is 0. The first-order chi connectivity index (χ1) is 18.8. The second-order valence-corrected chi connectivity index (χ2v) is 9.22. The molecule has 1 aromatic heterocycles. The largest absolute Gasteiger partial charge is 0.465 e. The number of anilines is 1. The molecule has 0 aliphatic heterocycles. The number of amides is 1. The highest BCUT2D eigenvalue weighted by Gasteiger charge is 2.37. The van der Waals surface area contributed by atoms with Crippen molar-refractivity contribution in [1.29, 1.82) is 0 Å². The highest BCUT2D eigenvalue weighted by molar-refractivity contribution is 5.82. The molecule has 1 amide bonds. The van der Waals surface area contributed by atoms with E-state index >= 15 is 0 Å². The van der Waals surface area contributed by atoms with Crippen LogP contribution in [0.4, 0.5) is 37.0 Å². The average molecular weight is 562 g/mol. The zero-order chi connectivity index (χ0) is 29.1. The average Bonchev–Trinajstić information content (AvgIpc) is 2.90. The van der Waals surface area contributed by atoms with Gasteiger partial charge in [0.15, 0.2) is 0 Å². The molecule has 0 saturated heterocycles. The van der Waals surface area contributed by atoms with Crippen LogP contribution in [0.2, 0.25) is 0 Å². The molecule has 5 nitrogen and oxygen atoms in total. The Morgan fingerprint density at radius 2 is 1.38 bits per heavy atom. The molecule has 0 saturated carbocycles. The van der Waals surface area contributed by atoms with Gasteiger partial charge in [0.25, 0.3) is 0 Å². The van der Waals surface area contributed by atoms with Gasteiger partial charge in [0.2, 0.25) is 0 Å². The number of para-hydroxylation sites is 1. The fourth-order valence-corrected chi connectivity index (χ4v) is 4.41. The standard InChI is InChI=1S/C29H25F6N3O2/c1-2-37(16-19-8-4-3-5-9-19)26-22(14-21-10-6-7-11-25(21)36-26)18-38(27(39)40)17-20-12-23(28(30,31)32)15-24(13-20)29(33,34)35/h3-15H,2,16-18H2,1H3,(H,39,40). The number of rotatable bonds is 8. The minimum Gasteiger partial charge on any atom is -0.465 e. The van der Waals surface area contributed by atoms with Crippen LogP contribution < -0.4 is 4.90 Å². The van der Waals surface area contributed by atoms with Gasteiger partial charge in [0.05, 0.1) is 23.2 Å². The quantitative estimate of drug-likeness (QED) is 0.222. The number of carboxylic acid groups (broad SMARTS) is 1. The van der Waals surface area contributed by atoms with Gasteiger partial charge in [-0.25, -0.2) is 9.78 Å². The number of pyridine rings is 1. The second-order valence-electron chi connectivity index (χ2n) is 9.22. The SMILES string of the molecule is CCN(Cc1ccccc1)c1nc2ccccc2cc1CN(Cc1cc(C(F)(F)F)cc(C(F)(F)F)c1)C(=O)O. The number of aromatic nitrogens is 1. The van der Waals surface area contributed by atoms with Crippen LogP contribution >= 0.6 is 0 Å². The maximum atomic E-state index is 13.4. The third kappa shape index (κ3) is 6.83. The molecule has 11 heteroatoms. The Labute approximate surface area is 226 Å². The molecule has 0 unspecified atom stereocenters. The molecular formula is C29H25F6N3O2. The number of fused-ring (bicyclic) bond motifs is 1.